The van der Waals surface area contributed by atoms with E-state index in [9.17, 15) is 9.18 Å². The van der Waals surface area contributed by atoms with Gasteiger partial charge in [0.25, 0.3) is 0 Å². The third-order valence-corrected chi connectivity index (χ3v) is 3.43. The van der Waals surface area contributed by atoms with Gasteiger partial charge in [-0.2, -0.15) is 0 Å². The fourth-order valence-electron chi connectivity index (χ4n) is 2.11. The summed E-state index contributed by atoms with van der Waals surface area (Å²) in [6.07, 6.45) is 0.564. The first-order valence-corrected chi connectivity index (χ1v) is 6.87. The number of carbonyl (C=O) groups is 1. The van der Waals surface area contributed by atoms with E-state index in [4.69, 9.17) is 5.73 Å². The summed E-state index contributed by atoms with van der Waals surface area (Å²) in [5, 5.41) is 2.80. The molecular weight excluding hydrogens is 267 g/mol. The summed E-state index contributed by atoms with van der Waals surface area (Å²) in [6, 6.07) is 15.6. The average molecular weight is 286 g/mol. The van der Waals surface area contributed by atoms with Gasteiger partial charge in [0.2, 0.25) is 5.91 Å². The molecule has 0 aliphatic carbocycles. The molecule has 110 valence electrons. The summed E-state index contributed by atoms with van der Waals surface area (Å²) >= 11 is 0. The second-order valence-electron chi connectivity index (χ2n) is 5.20. The fourth-order valence-corrected chi connectivity index (χ4v) is 2.11. The molecular formula is C17H19FN2O. The molecule has 0 radical (unpaired) electrons. The Morgan fingerprint density at radius 2 is 1.90 bits per heavy atom. The van der Waals surface area contributed by atoms with Crippen LogP contribution in [0, 0.1) is 5.82 Å². The van der Waals surface area contributed by atoms with Gasteiger partial charge in [-0.3, -0.25) is 4.79 Å². The summed E-state index contributed by atoms with van der Waals surface area (Å²) in [5.41, 5.74) is 6.63. The van der Waals surface area contributed by atoms with Gasteiger partial charge in [0.1, 0.15) is 11.4 Å². The monoisotopic (exact) mass is 286 g/mol. The van der Waals surface area contributed by atoms with Crippen LogP contribution in [0.25, 0.3) is 0 Å². The van der Waals surface area contributed by atoms with E-state index in [1.165, 1.54) is 12.1 Å². The molecule has 1 atom stereocenters. The highest BCUT2D eigenvalue weighted by molar-refractivity contribution is 5.86. The number of carbonyl (C=O) groups excluding carboxylic acids is 1. The molecule has 1 unspecified atom stereocenters. The lowest BCUT2D eigenvalue weighted by atomic mass is 9.92. The van der Waals surface area contributed by atoms with E-state index in [-0.39, 0.29) is 11.7 Å². The van der Waals surface area contributed by atoms with Crippen LogP contribution < -0.4 is 11.1 Å². The molecule has 1 amide bonds. The number of nitrogens with one attached hydrogen (secondary N) is 1. The second-order valence-corrected chi connectivity index (χ2v) is 5.20. The number of rotatable bonds is 5. The van der Waals surface area contributed by atoms with Crippen molar-refractivity contribution in [3.05, 3.63) is 71.5 Å². The van der Waals surface area contributed by atoms with Crippen LogP contribution in [0.4, 0.5) is 4.39 Å². The normalized spacial score (nSPS) is 13.5. The maximum atomic E-state index is 13.1. The molecule has 0 aromatic heterocycles. The highest BCUT2D eigenvalue weighted by atomic mass is 19.1. The van der Waals surface area contributed by atoms with Crippen molar-refractivity contribution in [3.8, 4) is 0 Å². The maximum absolute atomic E-state index is 13.1. The van der Waals surface area contributed by atoms with Gasteiger partial charge in [-0.25, -0.2) is 4.39 Å². The van der Waals surface area contributed by atoms with Crippen molar-refractivity contribution < 1.29 is 9.18 Å². The largest absolute Gasteiger partial charge is 0.354 e. The maximum Gasteiger partial charge on any atom is 0.244 e. The zero-order valence-electron chi connectivity index (χ0n) is 12.0. The number of benzene rings is 2. The first-order chi connectivity index (χ1) is 10.00. The highest BCUT2D eigenvalue weighted by Crippen LogP contribution is 2.17. The van der Waals surface area contributed by atoms with Gasteiger partial charge >= 0.3 is 0 Å². The average Bonchev–Trinajstić information content (AvgIpc) is 2.48. The quantitative estimate of drug-likeness (QED) is 0.886. The Balaban J connectivity index is 1.93. The molecule has 0 bridgehead atoms. The Kier molecular flexibility index (Phi) is 4.70. The molecule has 21 heavy (non-hydrogen) atoms. The lowest BCUT2D eigenvalue weighted by Crippen LogP contribution is -2.49. The lowest BCUT2D eigenvalue weighted by Gasteiger charge is -2.24. The van der Waals surface area contributed by atoms with Crippen LogP contribution in [0.3, 0.4) is 0 Å². The summed E-state index contributed by atoms with van der Waals surface area (Å²) in [4.78, 5) is 12.2. The van der Waals surface area contributed by atoms with Gasteiger partial charge in [-0.05, 0) is 36.6 Å². The van der Waals surface area contributed by atoms with E-state index in [2.05, 4.69) is 5.32 Å². The summed E-state index contributed by atoms with van der Waals surface area (Å²) in [7, 11) is 0. The topological polar surface area (TPSA) is 55.1 Å². The molecule has 4 heteroatoms. The van der Waals surface area contributed by atoms with Crippen LogP contribution in [-0.4, -0.2) is 12.5 Å². The molecule has 2 aromatic rings. The van der Waals surface area contributed by atoms with Gasteiger partial charge in [0, 0.05) is 6.54 Å². The predicted molar refractivity (Wildman–Crippen MR) is 81.1 cm³/mol. The van der Waals surface area contributed by atoms with Gasteiger partial charge in [-0.1, -0.05) is 42.5 Å². The number of halogens is 1. The van der Waals surface area contributed by atoms with Gasteiger partial charge < -0.3 is 11.1 Å². The SMILES string of the molecule is CC(N)(C(=O)NCCc1cccc(F)c1)c1ccccc1. The van der Waals surface area contributed by atoms with Gasteiger partial charge in [0.15, 0.2) is 0 Å². The molecule has 0 aliphatic rings. The van der Waals surface area contributed by atoms with Crippen molar-refractivity contribution in [1.82, 2.24) is 5.32 Å². The molecule has 0 saturated heterocycles. The van der Waals surface area contributed by atoms with E-state index in [0.717, 1.165) is 11.1 Å². The van der Waals surface area contributed by atoms with Crippen molar-refractivity contribution >= 4 is 5.91 Å². The van der Waals surface area contributed by atoms with Crippen LogP contribution in [0.1, 0.15) is 18.1 Å². The minimum atomic E-state index is -1.08. The van der Waals surface area contributed by atoms with Crippen LogP contribution >= 0.6 is 0 Å². The Morgan fingerprint density at radius 1 is 1.19 bits per heavy atom. The molecule has 0 fully saturated rings. The van der Waals surface area contributed by atoms with E-state index in [1.807, 2.05) is 36.4 Å². The van der Waals surface area contributed by atoms with Crippen molar-refractivity contribution in [2.45, 2.75) is 18.9 Å². The fraction of sp³-hybridized carbons (Fsp3) is 0.235. The minimum absolute atomic E-state index is 0.245. The number of amides is 1. The number of hydrogen-bond acceptors (Lipinski definition) is 2. The van der Waals surface area contributed by atoms with E-state index in [0.29, 0.717) is 13.0 Å². The smallest absolute Gasteiger partial charge is 0.244 e. The number of nitrogens with two attached hydrogens (primary N) is 1. The van der Waals surface area contributed by atoms with Crippen LogP contribution in [0.5, 0.6) is 0 Å². The van der Waals surface area contributed by atoms with Gasteiger partial charge in [-0.15, -0.1) is 0 Å². The first-order valence-electron chi connectivity index (χ1n) is 6.87. The Bertz CT molecular complexity index is 611. The van der Waals surface area contributed by atoms with Crippen LogP contribution in [0.2, 0.25) is 0 Å². The summed E-state index contributed by atoms with van der Waals surface area (Å²) in [5.74, 6) is -0.517. The van der Waals surface area contributed by atoms with Gasteiger partial charge in [0.05, 0.1) is 0 Å². The van der Waals surface area contributed by atoms with Crippen molar-refractivity contribution in [2.24, 2.45) is 5.73 Å². The summed E-state index contributed by atoms with van der Waals surface area (Å²) in [6.45, 7) is 2.10. The third-order valence-electron chi connectivity index (χ3n) is 3.43. The highest BCUT2D eigenvalue weighted by Gasteiger charge is 2.29. The van der Waals surface area contributed by atoms with Crippen molar-refractivity contribution in [1.29, 1.82) is 0 Å². The van der Waals surface area contributed by atoms with Crippen LogP contribution in [0.15, 0.2) is 54.6 Å². The van der Waals surface area contributed by atoms with E-state index in [1.54, 1.807) is 13.0 Å². The summed E-state index contributed by atoms with van der Waals surface area (Å²) < 4.78 is 13.1. The van der Waals surface area contributed by atoms with E-state index < -0.39 is 5.54 Å². The Hall–Kier alpha value is -2.20. The zero-order chi connectivity index (χ0) is 15.3. The molecule has 3 N–H and O–H groups in total. The van der Waals surface area contributed by atoms with Crippen molar-refractivity contribution in [3.63, 3.8) is 0 Å². The Labute approximate surface area is 124 Å². The molecule has 0 aliphatic heterocycles. The molecule has 0 heterocycles. The predicted octanol–water partition coefficient (Wildman–Crippen LogP) is 2.36. The first kappa shape index (κ1) is 15.2. The molecule has 2 rings (SSSR count). The van der Waals surface area contributed by atoms with Crippen LogP contribution in [-0.2, 0) is 16.8 Å². The zero-order valence-corrected chi connectivity index (χ0v) is 12.0. The van der Waals surface area contributed by atoms with Crippen molar-refractivity contribution in [2.75, 3.05) is 6.54 Å². The number of hydrogen-bond donors (Lipinski definition) is 2. The standard InChI is InChI=1S/C17H19FN2O/c1-17(19,14-7-3-2-4-8-14)16(21)20-11-10-13-6-5-9-15(18)12-13/h2-9,12H,10-11,19H2,1H3,(H,20,21). The molecule has 0 spiro atoms. The minimum Gasteiger partial charge on any atom is -0.354 e. The Morgan fingerprint density at radius 3 is 2.57 bits per heavy atom. The second kappa shape index (κ2) is 6.50. The third kappa shape index (κ3) is 3.89. The molecule has 2 aromatic carbocycles. The van der Waals surface area contributed by atoms with E-state index >= 15 is 0 Å². The lowest BCUT2D eigenvalue weighted by molar-refractivity contribution is -0.126. The molecule has 0 saturated carbocycles. The molecule has 3 nitrogen and oxygen atoms in total.